The van der Waals surface area contributed by atoms with Crippen molar-refractivity contribution < 1.29 is 10.0 Å². The minimum Gasteiger partial charge on any atom is -0.396 e. The summed E-state index contributed by atoms with van der Waals surface area (Å²) >= 11 is 5.74. The molecule has 1 N–H and O–H groups in total. The number of hydrogen-bond donors (Lipinski definition) is 1. The van der Waals surface area contributed by atoms with Crippen LogP contribution in [0.5, 0.6) is 0 Å². The van der Waals surface area contributed by atoms with Crippen LogP contribution in [0.3, 0.4) is 0 Å². The minimum atomic E-state index is -0.493. The standard InChI is InChI=1S/C11H15ClN4O3/c12-11-13-7-9(16(18)19)10(14-11)15-5-1-3-8(15)4-2-6-17/h7-8,17H,1-6H2. The summed E-state index contributed by atoms with van der Waals surface area (Å²) in [6, 6.07) is 0.164. The van der Waals surface area contributed by atoms with Crippen LogP contribution in [0.1, 0.15) is 25.7 Å². The van der Waals surface area contributed by atoms with Gasteiger partial charge in [0.25, 0.3) is 0 Å². The van der Waals surface area contributed by atoms with E-state index in [9.17, 15) is 10.1 Å². The Morgan fingerprint density at radius 3 is 3.11 bits per heavy atom. The number of nitro groups is 1. The summed E-state index contributed by atoms with van der Waals surface area (Å²) in [5.41, 5.74) is -0.125. The van der Waals surface area contributed by atoms with Gasteiger partial charge in [0.15, 0.2) is 0 Å². The van der Waals surface area contributed by atoms with E-state index in [2.05, 4.69) is 9.97 Å². The van der Waals surface area contributed by atoms with Gasteiger partial charge in [0.1, 0.15) is 6.20 Å². The van der Waals surface area contributed by atoms with Gasteiger partial charge in [0, 0.05) is 19.2 Å². The molecule has 1 aromatic heterocycles. The van der Waals surface area contributed by atoms with Gasteiger partial charge in [-0.1, -0.05) is 0 Å². The van der Waals surface area contributed by atoms with Crippen LogP contribution >= 0.6 is 11.6 Å². The van der Waals surface area contributed by atoms with E-state index < -0.39 is 4.92 Å². The highest BCUT2D eigenvalue weighted by atomic mass is 35.5. The highest BCUT2D eigenvalue weighted by Gasteiger charge is 2.31. The quantitative estimate of drug-likeness (QED) is 0.504. The first kappa shape index (κ1) is 14.0. The van der Waals surface area contributed by atoms with Crippen LogP contribution in [0.4, 0.5) is 11.5 Å². The molecule has 1 aliphatic heterocycles. The fraction of sp³-hybridized carbons (Fsp3) is 0.636. The van der Waals surface area contributed by atoms with Gasteiger partial charge in [0.2, 0.25) is 11.1 Å². The molecule has 0 amide bonds. The fourth-order valence-electron chi connectivity index (χ4n) is 2.43. The van der Waals surface area contributed by atoms with Gasteiger partial charge in [0.05, 0.1) is 4.92 Å². The van der Waals surface area contributed by atoms with Crippen molar-refractivity contribution in [2.24, 2.45) is 0 Å². The average Bonchev–Trinajstić information content (AvgIpc) is 2.83. The molecule has 7 nitrogen and oxygen atoms in total. The molecule has 8 heteroatoms. The Kier molecular flexibility index (Phi) is 4.49. The van der Waals surface area contributed by atoms with Crippen molar-refractivity contribution in [3.8, 4) is 0 Å². The van der Waals surface area contributed by atoms with E-state index in [0.29, 0.717) is 13.0 Å². The number of aliphatic hydroxyl groups excluding tert-OH is 1. The molecule has 0 radical (unpaired) electrons. The van der Waals surface area contributed by atoms with Gasteiger partial charge in [-0.3, -0.25) is 10.1 Å². The lowest BCUT2D eigenvalue weighted by molar-refractivity contribution is -0.384. The van der Waals surface area contributed by atoms with Gasteiger partial charge < -0.3 is 10.0 Å². The summed E-state index contributed by atoms with van der Waals surface area (Å²) in [6.45, 7) is 0.835. The molecule has 2 rings (SSSR count). The second kappa shape index (κ2) is 6.12. The molecule has 0 saturated carbocycles. The zero-order valence-corrected chi connectivity index (χ0v) is 11.1. The van der Waals surface area contributed by atoms with Gasteiger partial charge in [-0.05, 0) is 37.3 Å². The minimum absolute atomic E-state index is 0.00779. The Hall–Kier alpha value is -1.47. The fourth-order valence-corrected chi connectivity index (χ4v) is 2.56. The smallest absolute Gasteiger partial charge is 0.329 e. The number of nitrogens with zero attached hydrogens (tertiary/aromatic N) is 4. The van der Waals surface area contributed by atoms with Crippen LogP contribution in [0, 0.1) is 10.1 Å². The van der Waals surface area contributed by atoms with E-state index in [1.807, 2.05) is 4.90 Å². The maximum Gasteiger partial charge on any atom is 0.329 e. The molecule has 1 atom stereocenters. The van der Waals surface area contributed by atoms with E-state index in [1.54, 1.807) is 0 Å². The Labute approximate surface area is 115 Å². The molecule has 1 aliphatic rings. The second-order valence-corrected chi connectivity index (χ2v) is 4.80. The van der Waals surface area contributed by atoms with Crippen molar-refractivity contribution in [3.05, 3.63) is 21.6 Å². The Balaban J connectivity index is 2.28. The zero-order valence-electron chi connectivity index (χ0n) is 10.3. The summed E-state index contributed by atoms with van der Waals surface area (Å²) in [5, 5.41) is 19.9. The third-order valence-corrected chi connectivity index (χ3v) is 3.44. The van der Waals surface area contributed by atoms with Crippen molar-refractivity contribution in [2.75, 3.05) is 18.1 Å². The molecule has 0 bridgehead atoms. The molecule has 1 unspecified atom stereocenters. The number of hydrogen-bond acceptors (Lipinski definition) is 6. The monoisotopic (exact) mass is 286 g/mol. The molecule has 1 aromatic rings. The number of aromatic nitrogens is 2. The van der Waals surface area contributed by atoms with E-state index >= 15 is 0 Å². The zero-order chi connectivity index (χ0) is 13.8. The largest absolute Gasteiger partial charge is 0.396 e. The van der Waals surface area contributed by atoms with E-state index in [4.69, 9.17) is 16.7 Å². The number of aliphatic hydroxyl groups is 1. The first-order valence-corrected chi connectivity index (χ1v) is 6.55. The van der Waals surface area contributed by atoms with Crippen LogP contribution in [0.2, 0.25) is 5.28 Å². The molecular weight excluding hydrogens is 272 g/mol. The van der Waals surface area contributed by atoms with Crippen molar-refractivity contribution >= 4 is 23.1 Å². The van der Waals surface area contributed by atoms with E-state index in [1.165, 1.54) is 0 Å². The third-order valence-electron chi connectivity index (χ3n) is 3.26. The van der Waals surface area contributed by atoms with Crippen molar-refractivity contribution in [3.63, 3.8) is 0 Å². The SMILES string of the molecule is O=[N+]([O-])c1cnc(Cl)nc1N1CCCC1CCCO. The molecular formula is C11H15ClN4O3. The van der Waals surface area contributed by atoms with Gasteiger partial charge in [-0.2, -0.15) is 4.98 Å². The molecule has 0 aromatic carbocycles. The van der Waals surface area contributed by atoms with E-state index in [0.717, 1.165) is 25.5 Å². The maximum atomic E-state index is 11.0. The highest BCUT2D eigenvalue weighted by Crippen LogP contribution is 2.33. The molecule has 19 heavy (non-hydrogen) atoms. The lowest BCUT2D eigenvalue weighted by atomic mass is 10.1. The molecule has 0 spiro atoms. The summed E-state index contributed by atoms with van der Waals surface area (Å²) in [6.07, 6.45) is 4.50. The highest BCUT2D eigenvalue weighted by molar-refractivity contribution is 6.28. The van der Waals surface area contributed by atoms with Crippen LogP contribution in [-0.4, -0.2) is 39.2 Å². The molecule has 0 aliphatic carbocycles. The summed E-state index contributed by atoms with van der Waals surface area (Å²) in [5.74, 6) is 0.283. The summed E-state index contributed by atoms with van der Waals surface area (Å²) in [4.78, 5) is 20.1. The first-order valence-electron chi connectivity index (χ1n) is 6.18. The summed E-state index contributed by atoms with van der Waals surface area (Å²) in [7, 11) is 0. The Bertz CT molecular complexity index is 471. The lowest BCUT2D eigenvalue weighted by Gasteiger charge is -2.25. The second-order valence-electron chi connectivity index (χ2n) is 4.46. The number of anilines is 1. The Morgan fingerprint density at radius 2 is 2.42 bits per heavy atom. The maximum absolute atomic E-state index is 11.0. The average molecular weight is 287 g/mol. The van der Waals surface area contributed by atoms with Crippen LogP contribution in [0.25, 0.3) is 0 Å². The lowest BCUT2D eigenvalue weighted by Crippen LogP contribution is -2.31. The summed E-state index contributed by atoms with van der Waals surface area (Å²) < 4.78 is 0. The predicted molar refractivity (Wildman–Crippen MR) is 70.4 cm³/mol. The van der Waals surface area contributed by atoms with Crippen molar-refractivity contribution in [1.29, 1.82) is 0 Å². The van der Waals surface area contributed by atoms with Crippen molar-refractivity contribution in [1.82, 2.24) is 9.97 Å². The predicted octanol–water partition coefficient (Wildman–Crippen LogP) is 1.78. The van der Waals surface area contributed by atoms with Crippen molar-refractivity contribution in [2.45, 2.75) is 31.7 Å². The third kappa shape index (κ3) is 3.10. The normalized spacial score (nSPS) is 18.8. The van der Waals surface area contributed by atoms with Gasteiger partial charge >= 0.3 is 5.69 Å². The van der Waals surface area contributed by atoms with Gasteiger partial charge in [-0.15, -0.1) is 0 Å². The number of halogens is 1. The van der Waals surface area contributed by atoms with Crippen LogP contribution < -0.4 is 4.90 Å². The van der Waals surface area contributed by atoms with Crippen LogP contribution in [-0.2, 0) is 0 Å². The Morgan fingerprint density at radius 1 is 1.63 bits per heavy atom. The van der Waals surface area contributed by atoms with Gasteiger partial charge in [-0.25, -0.2) is 4.98 Å². The van der Waals surface area contributed by atoms with Crippen LogP contribution in [0.15, 0.2) is 6.20 Å². The molecule has 2 heterocycles. The molecule has 104 valence electrons. The van der Waals surface area contributed by atoms with E-state index in [-0.39, 0.29) is 29.4 Å². The number of rotatable bonds is 5. The first-order chi connectivity index (χ1) is 9.13. The molecule has 1 saturated heterocycles. The topological polar surface area (TPSA) is 92.4 Å². The molecule has 1 fully saturated rings.